The van der Waals surface area contributed by atoms with E-state index in [0.29, 0.717) is 6.42 Å². The molecule has 4 heteroatoms. The van der Waals surface area contributed by atoms with Gasteiger partial charge in [-0.25, -0.2) is 8.78 Å². The van der Waals surface area contributed by atoms with Crippen molar-refractivity contribution in [1.29, 1.82) is 0 Å². The van der Waals surface area contributed by atoms with E-state index in [2.05, 4.69) is 5.32 Å². The quantitative estimate of drug-likeness (QED) is 0.544. The molecule has 1 saturated heterocycles. The molecule has 2 saturated carbocycles. The lowest BCUT2D eigenvalue weighted by molar-refractivity contribution is -0.124. The third kappa shape index (κ3) is 0.451. The number of rotatable bonds is 0. The van der Waals surface area contributed by atoms with E-state index in [1.807, 2.05) is 0 Å². The number of fused-ring (bicyclic) bond motifs is 5. The molecule has 2 aliphatic carbocycles. The van der Waals surface area contributed by atoms with Gasteiger partial charge in [0.2, 0.25) is 5.91 Å². The van der Waals surface area contributed by atoms with Crippen LogP contribution in [0.3, 0.4) is 0 Å². The average molecular weight is 159 g/mol. The third-order valence-corrected chi connectivity index (χ3v) is 3.21. The molecule has 0 radical (unpaired) electrons. The summed E-state index contributed by atoms with van der Waals surface area (Å²) in [5.41, 5.74) is 0. The van der Waals surface area contributed by atoms with E-state index in [0.717, 1.165) is 0 Å². The molecule has 1 N–H and O–H groups in total. The Morgan fingerprint density at radius 1 is 1.45 bits per heavy atom. The van der Waals surface area contributed by atoms with Gasteiger partial charge >= 0.3 is 0 Å². The van der Waals surface area contributed by atoms with Crippen LogP contribution in [-0.4, -0.2) is 17.9 Å². The van der Waals surface area contributed by atoms with Crippen LogP contribution in [0.25, 0.3) is 0 Å². The van der Waals surface area contributed by atoms with E-state index in [9.17, 15) is 13.6 Å². The van der Waals surface area contributed by atoms with Crippen LogP contribution >= 0.6 is 0 Å². The van der Waals surface area contributed by atoms with E-state index >= 15 is 0 Å². The Morgan fingerprint density at radius 2 is 2.18 bits per heavy atom. The van der Waals surface area contributed by atoms with Gasteiger partial charge in [-0.15, -0.1) is 0 Å². The second kappa shape index (κ2) is 1.30. The smallest absolute Gasteiger partial charge is 0.257 e. The maximum atomic E-state index is 12.8. The van der Waals surface area contributed by atoms with Gasteiger partial charge in [-0.2, -0.15) is 0 Å². The Labute approximate surface area is 62.0 Å². The molecular formula is C7H7F2NO. The number of carbonyl (C=O) groups excluding carboxylic acids is 1. The Balaban J connectivity index is 2.00. The van der Waals surface area contributed by atoms with Crippen LogP contribution in [0.4, 0.5) is 8.78 Å². The van der Waals surface area contributed by atoms with Crippen LogP contribution < -0.4 is 5.32 Å². The number of carbonyl (C=O) groups is 1. The van der Waals surface area contributed by atoms with Crippen molar-refractivity contribution >= 4 is 5.91 Å². The maximum Gasteiger partial charge on any atom is 0.257 e. The molecule has 3 rings (SSSR count). The minimum atomic E-state index is -2.53. The predicted molar refractivity (Wildman–Crippen MR) is 32.0 cm³/mol. The van der Waals surface area contributed by atoms with Crippen molar-refractivity contribution in [2.45, 2.75) is 18.4 Å². The van der Waals surface area contributed by atoms with Crippen molar-refractivity contribution in [1.82, 2.24) is 5.32 Å². The molecule has 0 aromatic heterocycles. The van der Waals surface area contributed by atoms with E-state index < -0.39 is 17.8 Å². The summed E-state index contributed by atoms with van der Waals surface area (Å²) >= 11 is 0. The van der Waals surface area contributed by atoms with Crippen LogP contribution in [0.15, 0.2) is 0 Å². The molecule has 4 unspecified atom stereocenters. The summed E-state index contributed by atoms with van der Waals surface area (Å²) in [5, 5.41) is 2.58. The number of alkyl halides is 2. The lowest BCUT2D eigenvalue weighted by Crippen LogP contribution is -2.32. The molecule has 0 aromatic carbocycles. The van der Waals surface area contributed by atoms with Crippen LogP contribution in [0.5, 0.6) is 0 Å². The number of hydrogen-bond donors (Lipinski definition) is 1. The highest BCUT2D eigenvalue weighted by molar-refractivity contribution is 5.84. The first kappa shape index (κ1) is 5.91. The van der Waals surface area contributed by atoms with Crippen molar-refractivity contribution in [2.24, 2.45) is 17.8 Å². The van der Waals surface area contributed by atoms with Gasteiger partial charge < -0.3 is 5.32 Å². The first-order valence-corrected chi connectivity index (χ1v) is 3.80. The fourth-order valence-corrected chi connectivity index (χ4v) is 2.69. The van der Waals surface area contributed by atoms with Gasteiger partial charge in [0.25, 0.3) is 5.92 Å². The molecule has 1 aliphatic heterocycles. The van der Waals surface area contributed by atoms with Crippen molar-refractivity contribution in [3.63, 3.8) is 0 Å². The van der Waals surface area contributed by atoms with E-state index in [-0.39, 0.29) is 17.9 Å². The number of nitrogens with one attached hydrogen (secondary N) is 1. The fourth-order valence-electron chi connectivity index (χ4n) is 2.69. The summed E-state index contributed by atoms with van der Waals surface area (Å²) in [7, 11) is 0. The van der Waals surface area contributed by atoms with Crippen molar-refractivity contribution in [3.05, 3.63) is 0 Å². The van der Waals surface area contributed by atoms with Crippen LogP contribution in [0.1, 0.15) is 6.42 Å². The van der Waals surface area contributed by atoms with Crippen LogP contribution in [-0.2, 0) is 4.79 Å². The molecule has 1 amide bonds. The van der Waals surface area contributed by atoms with Crippen molar-refractivity contribution in [2.75, 3.05) is 0 Å². The topological polar surface area (TPSA) is 29.1 Å². The number of piperidine rings is 1. The monoisotopic (exact) mass is 159 g/mol. The summed E-state index contributed by atoms with van der Waals surface area (Å²) in [6, 6.07) is -0.215. The Hall–Kier alpha value is -0.670. The number of amides is 1. The molecule has 2 bridgehead atoms. The van der Waals surface area contributed by atoms with Gasteiger partial charge in [-0.3, -0.25) is 4.79 Å². The van der Waals surface area contributed by atoms with Crippen LogP contribution in [0, 0.1) is 17.8 Å². The van der Waals surface area contributed by atoms with E-state index in [4.69, 9.17) is 0 Å². The molecule has 3 fully saturated rings. The third-order valence-electron chi connectivity index (χ3n) is 3.21. The molecule has 2 nitrogen and oxygen atoms in total. The lowest BCUT2D eigenvalue weighted by Gasteiger charge is -2.06. The Bertz CT molecular complexity index is 253. The van der Waals surface area contributed by atoms with Gasteiger partial charge in [0.05, 0.1) is 5.92 Å². The van der Waals surface area contributed by atoms with Crippen molar-refractivity contribution in [3.8, 4) is 0 Å². The second-order valence-electron chi connectivity index (χ2n) is 3.68. The Morgan fingerprint density at radius 3 is 2.73 bits per heavy atom. The molecule has 11 heavy (non-hydrogen) atoms. The zero-order valence-corrected chi connectivity index (χ0v) is 5.68. The highest BCUT2D eigenvalue weighted by atomic mass is 19.3. The van der Waals surface area contributed by atoms with Crippen LogP contribution in [0.2, 0.25) is 0 Å². The number of hydrogen-bond acceptors (Lipinski definition) is 1. The Kier molecular flexibility index (Phi) is 0.698. The zero-order valence-electron chi connectivity index (χ0n) is 5.68. The highest BCUT2D eigenvalue weighted by Crippen LogP contribution is 2.68. The van der Waals surface area contributed by atoms with Gasteiger partial charge in [-0.05, 0) is 6.42 Å². The minimum Gasteiger partial charge on any atom is -0.353 e. The molecule has 4 atom stereocenters. The fraction of sp³-hybridized carbons (Fsp3) is 0.857. The predicted octanol–water partition coefficient (Wildman–Crippen LogP) is 0.386. The minimum absolute atomic E-state index is 0.159. The van der Waals surface area contributed by atoms with Crippen molar-refractivity contribution < 1.29 is 13.6 Å². The molecule has 60 valence electrons. The SMILES string of the molecule is O=C1NC2CC1C1C2C1(F)F. The molecule has 3 aliphatic rings. The normalized spacial score (nSPS) is 55.6. The molecule has 0 aromatic rings. The van der Waals surface area contributed by atoms with E-state index in [1.54, 1.807) is 0 Å². The second-order valence-corrected chi connectivity index (χ2v) is 3.68. The molecule has 0 spiro atoms. The summed E-state index contributed by atoms with van der Waals surface area (Å²) in [6.45, 7) is 0. The zero-order chi connectivity index (χ0) is 7.80. The first-order chi connectivity index (χ1) is 5.12. The standard InChI is InChI=1S/C7H7F2NO/c8-7(9)4-2-1-3(5(4)7)10-6(2)11/h2-5H,1H2,(H,10,11). The highest BCUT2D eigenvalue weighted by Gasteiger charge is 2.80. The summed E-state index contributed by atoms with van der Waals surface area (Å²) in [5.74, 6) is -4.20. The molecule has 1 heterocycles. The summed E-state index contributed by atoms with van der Waals surface area (Å²) in [4.78, 5) is 10.9. The molecular weight excluding hydrogens is 152 g/mol. The number of halogens is 2. The van der Waals surface area contributed by atoms with Gasteiger partial charge in [0, 0.05) is 17.9 Å². The van der Waals surface area contributed by atoms with Gasteiger partial charge in [-0.1, -0.05) is 0 Å². The average Bonchev–Trinajstić information content (AvgIpc) is 2.25. The first-order valence-electron chi connectivity index (χ1n) is 3.80. The summed E-state index contributed by atoms with van der Waals surface area (Å²) < 4.78 is 25.5. The summed E-state index contributed by atoms with van der Waals surface area (Å²) in [6.07, 6.45) is 0.643. The van der Waals surface area contributed by atoms with Gasteiger partial charge in [0.1, 0.15) is 0 Å². The maximum absolute atomic E-state index is 12.8. The largest absolute Gasteiger partial charge is 0.353 e. The van der Waals surface area contributed by atoms with E-state index in [1.165, 1.54) is 0 Å². The van der Waals surface area contributed by atoms with Gasteiger partial charge in [0.15, 0.2) is 0 Å². The lowest BCUT2D eigenvalue weighted by atomic mass is 10.1.